The van der Waals surface area contributed by atoms with Gasteiger partial charge in [-0.15, -0.1) is 0 Å². The summed E-state index contributed by atoms with van der Waals surface area (Å²) in [6, 6.07) is 0.308. The van der Waals surface area contributed by atoms with Crippen LogP contribution >= 0.6 is 23.3 Å². The smallest absolute Gasteiger partial charge is 0.170 e. The van der Waals surface area contributed by atoms with Gasteiger partial charge < -0.3 is 5.73 Å². The van der Waals surface area contributed by atoms with Gasteiger partial charge >= 0.3 is 0 Å². The van der Waals surface area contributed by atoms with Crippen LogP contribution in [0.25, 0.3) is 0 Å². The normalized spacial score (nSPS) is 29.4. The third kappa shape index (κ3) is 3.25. The van der Waals surface area contributed by atoms with E-state index in [1.807, 2.05) is 11.8 Å². The van der Waals surface area contributed by atoms with Gasteiger partial charge in [0.05, 0.1) is 0 Å². The van der Waals surface area contributed by atoms with Crippen LogP contribution in [0.2, 0.25) is 0 Å². The summed E-state index contributed by atoms with van der Waals surface area (Å²) in [5, 5.41) is 0.502. The maximum absolute atomic E-state index is 6.28. The zero-order valence-electron chi connectivity index (χ0n) is 11.4. The summed E-state index contributed by atoms with van der Waals surface area (Å²) in [4.78, 5) is 4.27. The maximum Gasteiger partial charge on any atom is 0.170 e. The minimum atomic E-state index is 0.308. The monoisotopic (exact) mass is 285 g/mol. The van der Waals surface area contributed by atoms with Crippen molar-refractivity contribution in [3.8, 4) is 0 Å². The average molecular weight is 285 g/mol. The maximum atomic E-state index is 6.28. The Kier molecular flexibility index (Phi) is 4.67. The molecule has 0 bridgehead atoms. The lowest BCUT2D eigenvalue weighted by Crippen LogP contribution is -2.42. The van der Waals surface area contributed by atoms with Crippen LogP contribution in [0.3, 0.4) is 0 Å². The highest BCUT2D eigenvalue weighted by Crippen LogP contribution is 2.44. The molecule has 0 aromatic carbocycles. The molecule has 3 unspecified atom stereocenters. The molecule has 3 nitrogen and oxygen atoms in total. The number of nitrogens with zero attached hydrogens (tertiary/aromatic N) is 2. The Morgan fingerprint density at radius 2 is 2.28 bits per heavy atom. The fraction of sp³-hybridized carbons (Fsp3) is 0.846. The Hall–Kier alpha value is -0.130. The highest BCUT2D eigenvalue weighted by atomic mass is 32.2. The minimum absolute atomic E-state index is 0.308. The number of aromatic nitrogens is 2. The molecule has 1 fully saturated rings. The predicted molar refractivity (Wildman–Crippen MR) is 78.9 cm³/mol. The van der Waals surface area contributed by atoms with Crippen molar-refractivity contribution in [1.29, 1.82) is 0 Å². The number of nitrogens with two attached hydrogens (primary N) is 1. The summed E-state index contributed by atoms with van der Waals surface area (Å²) in [7, 11) is 0. The highest BCUT2D eigenvalue weighted by molar-refractivity contribution is 8.01. The molecule has 102 valence electrons. The summed E-state index contributed by atoms with van der Waals surface area (Å²) in [6.07, 6.45) is 6.50. The van der Waals surface area contributed by atoms with Gasteiger partial charge in [0.25, 0.3) is 0 Å². The van der Waals surface area contributed by atoms with E-state index in [0.29, 0.717) is 16.7 Å². The molecule has 1 aliphatic rings. The lowest BCUT2D eigenvalue weighted by molar-refractivity contribution is 0.148. The van der Waals surface area contributed by atoms with Gasteiger partial charge in [0.2, 0.25) is 0 Å². The van der Waals surface area contributed by atoms with Gasteiger partial charge in [-0.25, -0.2) is 4.98 Å². The second kappa shape index (κ2) is 5.88. The standard InChI is InChI=1S/C13H23N3S2/c1-4-13(2,3)9-5-6-10(14)11(7-9)17-12-15-8-16-18-12/h8-11H,4-7,14H2,1-3H3. The first-order valence-corrected chi connectivity index (χ1v) is 8.37. The Bertz CT molecular complexity index is 364. The van der Waals surface area contributed by atoms with E-state index in [1.54, 1.807) is 6.33 Å². The summed E-state index contributed by atoms with van der Waals surface area (Å²) in [6.45, 7) is 7.07. The molecule has 1 heterocycles. The highest BCUT2D eigenvalue weighted by Gasteiger charge is 2.36. The molecular weight excluding hydrogens is 262 g/mol. The zero-order valence-corrected chi connectivity index (χ0v) is 13.1. The van der Waals surface area contributed by atoms with E-state index in [0.717, 1.165) is 16.7 Å². The van der Waals surface area contributed by atoms with Crippen LogP contribution < -0.4 is 5.73 Å². The molecule has 1 aliphatic carbocycles. The molecule has 18 heavy (non-hydrogen) atoms. The van der Waals surface area contributed by atoms with Crippen molar-refractivity contribution in [2.45, 2.75) is 62.1 Å². The Morgan fingerprint density at radius 3 is 2.89 bits per heavy atom. The van der Waals surface area contributed by atoms with E-state index in [1.165, 1.54) is 30.8 Å². The number of rotatable bonds is 4. The van der Waals surface area contributed by atoms with Crippen molar-refractivity contribution < 1.29 is 0 Å². The Labute approximate surface area is 118 Å². The van der Waals surface area contributed by atoms with Crippen LogP contribution in [-0.2, 0) is 0 Å². The summed E-state index contributed by atoms with van der Waals surface area (Å²) in [5.74, 6) is 0.785. The van der Waals surface area contributed by atoms with Crippen LogP contribution in [0.15, 0.2) is 10.7 Å². The molecule has 3 atom stereocenters. The lowest BCUT2D eigenvalue weighted by atomic mass is 9.69. The van der Waals surface area contributed by atoms with Crippen molar-refractivity contribution >= 4 is 23.3 Å². The third-order valence-electron chi connectivity index (χ3n) is 4.45. The average Bonchev–Trinajstić information content (AvgIpc) is 2.84. The van der Waals surface area contributed by atoms with Crippen LogP contribution in [-0.4, -0.2) is 20.6 Å². The van der Waals surface area contributed by atoms with Gasteiger partial charge in [0.15, 0.2) is 4.34 Å². The van der Waals surface area contributed by atoms with Crippen LogP contribution in [0.1, 0.15) is 46.5 Å². The first-order valence-electron chi connectivity index (χ1n) is 6.72. The predicted octanol–water partition coefficient (Wildman–Crippen LogP) is 3.56. The van der Waals surface area contributed by atoms with E-state index in [2.05, 4.69) is 30.1 Å². The second-order valence-electron chi connectivity index (χ2n) is 5.88. The number of thioether (sulfide) groups is 1. The topological polar surface area (TPSA) is 51.8 Å². The molecule has 0 radical (unpaired) electrons. The first-order chi connectivity index (χ1) is 8.53. The number of hydrogen-bond donors (Lipinski definition) is 1. The molecule has 0 amide bonds. The van der Waals surface area contributed by atoms with Crippen molar-refractivity contribution in [1.82, 2.24) is 9.36 Å². The van der Waals surface area contributed by atoms with Crippen LogP contribution in [0.5, 0.6) is 0 Å². The molecule has 1 aromatic rings. The van der Waals surface area contributed by atoms with Gasteiger partial charge in [-0.05, 0) is 42.1 Å². The molecule has 2 N–H and O–H groups in total. The van der Waals surface area contributed by atoms with Gasteiger partial charge in [-0.1, -0.05) is 39.0 Å². The largest absolute Gasteiger partial charge is 0.327 e. The second-order valence-corrected chi connectivity index (χ2v) is 8.15. The van der Waals surface area contributed by atoms with Gasteiger partial charge in [0.1, 0.15) is 6.33 Å². The van der Waals surface area contributed by atoms with E-state index >= 15 is 0 Å². The van der Waals surface area contributed by atoms with E-state index in [4.69, 9.17) is 5.73 Å². The zero-order chi connectivity index (χ0) is 13.2. The minimum Gasteiger partial charge on any atom is -0.327 e. The molecular formula is C13H23N3S2. The third-order valence-corrected chi connectivity index (χ3v) is 6.58. The summed E-state index contributed by atoms with van der Waals surface area (Å²) in [5.41, 5.74) is 6.71. The van der Waals surface area contributed by atoms with Crippen molar-refractivity contribution in [2.75, 3.05) is 0 Å². The fourth-order valence-corrected chi connectivity index (χ4v) is 4.59. The molecule has 0 saturated heterocycles. The van der Waals surface area contributed by atoms with E-state index < -0.39 is 0 Å². The van der Waals surface area contributed by atoms with E-state index in [-0.39, 0.29) is 0 Å². The quantitative estimate of drug-likeness (QED) is 0.919. The van der Waals surface area contributed by atoms with Crippen molar-refractivity contribution in [2.24, 2.45) is 17.1 Å². The Morgan fingerprint density at radius 1 is 1.50 bits per heavy atom. The Balaban J connectivity index is 2.01. The SMILES string of the molecule is CCC(C)(C)C1CCC(N)C(Sc2ncns2)C1. The molecule has 1 saturated carbocycles. The van der Waals surface area contributed by atoms with Crippen molar-refractivity contribution in [3.63, 3.8) is 0 Å². The molecule has 5 heteroatoms. The van der Waals surface area contributed by atoms with Gasteiger partial charge in [0, 0.05) is 11.3 Å². The molecule has 0 spiro atoms. The molecule has 2 rings (SSSR count). The summed E-state index contributed by atoms with van der Waals surface area (Å²) >= 11 is 3.31. The van der Waals surface area contributed by atoms with E-state index in [9.17, 15) is 0 Å². The van der Waals surface area contributed by atoms with Crippen LogP contribution in [0.4, 0.5) is 0 Å². The van der Waals surface area contributed by atoms with Crippen LogP contribution in [0, 0.1) is 11.3 Å². The lowest BCUT2D eigenvalue weighted by Gasteiger charge is -2.41. The summed E-state index contributed by atoms with van der Waals surface area (Å²) < 4.78 is 5.13. The van der Waals surface area contributed by atoms with Crippen molar-refractivity contribution in [3.05, 3.63) is 6.33 Å². The molecule has 0 aliphatic heterocycles. The number of hydrogen-bond acceptors (Lipinski definition) is 5. The van der Waals surface area contributed by atoms with Gasteiger partial charge in [-0.3, -0.25) is 0 Å². The molecule has 1 aromatic heterocycles. The first kappa shape index (κ1) is 14.3. The van der Waals surface area contributed by atoms with Gasteiger partial charge in [-0.2, -0.15) is 4.37 Å². The fourth-order valence-electron chi connectivity index (χ4n) is 2.63.